The number of hydrogen-bond acceptors (Lipinski definition) is 3. The summed E-state index contributed by atoms with van der Waals surface area (Å²) >= 11 is 0. The molecule has 6 heteroatoms. The van der Waals surface area contributed by atoms with Crippen LogP contribution in [0, 0.1) is 5.82 Å². The van der Waals surface area contributed by atoms with E-state index in [9.17, 15) is 17.6 Å². The van der Waals surface area contributed by atoms with Crippen LogP contribution in [0.25, 0.3) is 11.1 Å². The Morgan fingerprint density at radius 3 is 2.30 bits per heavy atom. The van der Waals surface area contributed by atoms with Crippen LogP contribution in [0.2, 0.25) is 0 Å². The van der Waals surface area contributed by atoms with E-state index in [0.717, 1.165) is 0 Å². The summed E-state index contributed by atoms with van der Waals surface area (Å²) in [6.07, 6.45) is 0.632. The Hall–Kier alpha value is -2.05. The van der Waals surface area contributed by atoms with Gasteiger partial charge in [0.1, 0.15) is 5.82 Å². The molecule has 0 unspecified atom stereocenters. The molecule has 0 atom stereocenters. The molecule has 2 aromatic rings. The molecule has 0 aliphatic rings. The maximum atomic E-state index is 13.3. The van der Waals surface area contributed by atoms with Crippen LogP contribution in [0.4, 0.5) is 4.39 Å². The van der Waals surface area contributed by atoms with Gasteiger partial charge in [-0.3, -0.25) is 4.79 Å². The van der Waals surface area contributed by atoms with E-state index < -0.39 is 15.8 Å². The Labute approximate surface area is 116 Å². The molecule has 2 aromatic carbocycles. The summed E-state index contributed by atoms with van der Waals surface area (Å²) in [5.74, 6) is -0.461. The van der Waals surface area contributed by atoms with Crippen molar-refractivity contribution >= 4 is 16.3 Å². The summed E-state index contributed by atoms with van der Waals surface area (Å²) in [6, 6.07) is 9.70. The third-order valence-electron chi connectivity index (χ3n) is 2.89. The second kappa shape index (κ2) is 5.52. The van der Waals surface area contributed by atoms with Crippen molar-refractivity contribution in [3.05, 3.63) is 53.8 Å². The highest BCUT2D eigenvalue weighted by Gasteiger charge is 2.12. The molecule has 0 spiro atoms. The third kappa shape index (κ3) is 2.76. The average Bonchev–Trinajstić information content (AvgIpc) is 2.47. The molecule has 4 nitrogen and oxygen atoms in total. The van der Waals surface area contributed by atoms with E-state index in [0.29, 0.717) is 23.0 Å². The van der Waals surface area contributed by atoms with Crippen molar-refractivity contribution in [3.63, 3.8) is 0 Å². The molecule has 0 radical (unpaired) electrons. The van der Waals surface area contributed by atoms with E-state index in [-0.39, 0.29) is 4.90 Å². The van der Waals surface area contributed by atoms with E-state index in [1.165, 1.54) is 49.5 Å². The summed E-state index contributed by atoms with van der Waals surface area (Å²) in [6.45, 7) is 0. The fourth-order valence-corrected chi connectivity index (χ4v) is 2.54. The van der Waals surface area contributed by atoms with Gasteiger partial charge in [0.15, 0.2) is 6.29 Å². The number of sulfonamides is 1. The highest BCUT2D eigenvalue weighted by atomic mass is 32.2. The summed E-state index contributed by atoms with van der Waals surface area (Å²) in [5.41, 5.74) is 1.34. The standard InChI is InChI=1S/C14H12FNO3S/c1-16-20(18,19)13-6-3-10(4-7-13)14-8-12(15)5-2-11(14)9-17/h2-9,16H,1H3. The number of rotatable bonds is 4. The monoisotopic (exact) mass is 293 g/mol. The van der Waals surface area contributed by atoms with E-state index in [4.69, 9.17) is 0 Å². The van der Waals surface area contributed by atoms with Crippen molar-refractivity contribution < 1.29 is 17.6 Å². The lowest BCUT2D eigenvalue weighted by Crippen LogP contribution is -2.18. The van der Waals surface area contributed by atoms with E-state index in [1.54, 1.807) is 0 Å². The molecule has 20 heavy (non-hydrogen) atoms. The predicted octanol–water partition coefficient (Wildman–Crippen LogP) is 2.21. The van der Waals surface area contributed by atoms with Gasteiger partial charge < -0.3 is 0 Å². The number of carbonyl (C=O) groups excluding carboxylic acids is 1. The first-order valence-corrected chi connectivity index (χ1v) is 7.25. The largest absolute Gasteiger partial charge is 0.298 e. The quantitative estimate of drug-likeness (QED) is 0.879. The fourth-order valence-electron chi connectivity index (χ4n) is 1.81. The number of carbonyl (C=O) groups is 1. The van der Waals surface area contributed by atoms with Crippen LogP contribution in [-0.4, -0.2) is 21.8 Å². The van der Waals surface area contributed by atoms with Gasteiger partial charge in [0.2, 0.25) is 10.0 Å². The Morgan fingerprint density at radius 2 is 1.75 bits per heavy atom. The number of hydrogen-bond donors (Lipinski definition) is 1. The van der Waals surface area contributed by atoms with Crippen LogP contribution < -0.4 is 4.72 Å². The summed E-state index contributed by atoms with van der Waals surface area (Å²) in [4.78, 5) is 11.1. The predicted molar refractivity (Wildman–Crippen MR) is 73.5 cm³/mol. The molecular formula is C14H12FNO3S. The van der Waals surface area contributed by atoms with Crippen LogP contribution in [0.15, 0.2) is 47.4 Å². The number of halogens is 1. The number of benzene rings is 2. The van der Waals surface area contributed by atoms with Crippen molar-refractivity contribution in [2.24, 2.45) is 0 Å². The minimum atomic E-state index is -3.51. The lowest BCUT2D eigenvalue weighted by Gasteiger charge is -2.07. The Kier molecular flexibility index (Phi) is 3.96. The molecule has 0 heterocycles. The van der Waals surface area contributed by atoms with Gasteiger partial charge in [-0.1, -0.05) is 12.1 Å². The normalized spacial score (nSPS) is 11.3. The van der Waals surface area contributed by atoms with Crippen molar-refractivity contribution in [1.29, 1.82) is 0 Å². The van der Waals surface area contributed by atoms with Crippen molar-refractivity contribution in [3.8, 4) is 11.1 Å². The summed E-state index contributed by atoms with van der Waals surface area (Å²) < 4.78 is 38.7. The SMILES string of the molecule is CNS(=O)(=O)c1ccc(-c2cc(F)ccc2C=O)cc1. The molecule has 0 saturated heterocycles. The van der Waals surface area contributed by atoms with Gasteiger partial charge >= 0.3 is 0 Å². The van der Waals surface area contributed by atoms with Crippen molar-refractivity contribution in [2.45, 2.75) is 4.90 Å². The number of aldehydes is 1. The Morgan fingerprint density at radius 1 is 1.10 bits per heavy atom. The van der Waals surface area contributed by atoms with Crippen LogP contribution in [0.3, 0.4) is 0 Å². The van der Waals surface area contributed by atoms with Gasteiger partial charge in [-0.15, -0.1) is 0 Å². The summed E-state index contributed by atoms with van der Waals surface area (Å²) in [5, 5.41) is 0. The molecule has 0 fully saturated rings. The van der Waals surface area contributed by atoms with Gasteiger partial charge in [-0.05, 0) is 48.5 Å². The van der Waals surface area contributed by atoms with Gasteiger partial charge in [0.05, 0.1) is 4.90 Å². The van der Waals surface area contributed by atoms with Gasteiger partial charge in [-0.2, -0.15) is 0 Å². The van der Waals surface area contributed by atoms with Crippen molar-refractivity contribution in [1.82, 2.24) is 4.72 Å². The van der Waals surface area contributed by atoms with Crippen LogP contribution in [-0.2, 0) is 10.0 Å². The van der Waals surface area contributed by atoms with Crippen molar-refractivity contribution in [2.75, 3.05) is 7.05 Å². The molecule has 1 N–H and O–H groups in total. The minimum Gasteiger partial charge on any atom is -0.298 e. The smallest absolute Gasteiger partial charge is 0.240 e. The molecule has 2 rings (SSSR count). The van der Waals surface area contributed by atoms with E-state index in [1.807, 2.05) is 0 Å². The van der Waals surface area contributed by atoms with E-state index >= 15 is 0 Å². The average molecular weight is 293 g/mol. The van der Waals surface area contributed by atoms with Gasteiger partial charge in [0.25, 0.3) is 0 Å². The van der Waals surface area contributed by atoms with Gasteiger partial charge in [-0.25, -0.2) is 17.5 Å². The molecule has 0 saturated carbocycles. The third-order valence-corrected chi connectivity index (χ3v) is 4.32. The maximum absolute atomic E-state index is 13.3. The van der Waals surface area contributed by atoms with Gasteiger partial charge in [0, 0.05) is 5.56 Å². The molecule has 0 amide bonds. The Balaban J connectivity index is 2.50. The molecule has 0 aliphatic heterocycles. The first-order valence-electron chi connectivity index (χ1n) is 5.76. The fraction of sp³-hybridized carbons (Fsp3) is 0.0714. The minimum absolute atomic E-state index is 0.104. The highest BCUT2D eigenvalue weighted by molar-refractivity contribution is 7.89. The molecule has 0 bridgehead atoms. The lowest BCUT2D eigenvalue weighted by atomic mass is 10.0. The van der Waals surface area contributed by atoms with Crippen LogP contribution in [0.1, 0.15) is 10.4 Å². The molecule has 0 aromatic heterocycles. The second-order valence-corrected chi connectivity index (χ2v) is 5.97. The van der Waals surface area contributed by atoms with Crippen LogP contribution >= 0.6 is 0 Å². The van der Waals surface area contributed by atoms with E-state index in [2.05, 4.69) is 4.72 Å². The molecule has 0 aliphatic carbocycles. The zero-order chi connectivity index (χ0) is 14.8. The first-order chi connectivity index (χ1) is 9.47. The zero-order valence-corrected chi connectivity index (χ0v) is 11.4. The molecule has 104 valence electrons. The van der Waals surface area contributed by atoms with Crippen LogP contribution in [0.5, 0.6) is 0 Å². The first kappa shape index (κ1) is 14.4. The topological polar surface area (TPSA) is 63.2 Å². The molecular weight excluding hydrogens is 281 g/mol. The number of nitrogens with one attached hydrogen (secondary N) is 1. The second-order valence-electron chi connectivity index (χ2n) is 4.08. The summed E-state index contributed by atoms with van der Waals surface area (Å²) in [7, 11) is -2.19. The maximum Gasteiger partial charge on any atom is 0.240 e. The zero-order valence-electron chi connectivity index (χ0n) is 10.6. The Bertz CT molecular complexity index is 740. The lowest BCUT2D eigenvalue weighted by molar-refractivity contribution is 0.112. The highest BCUT2D eigenvalue weighted by Crippen LogP contribution is 2.25.